The van der Waals surface area contributed by atoms with Crippen molar-refractivity contribution in [3.63, 3.8) is 0 Å². The molecule has 0 radical (unpaired) electrons. The van der Waals surface area contributed by atoms with Crippen LogP contribution in [-0.4, -0.2) is 88.3 Å². The van der Waals surface area contributed by atoms with E-state index in [1.807, 2.05) is 71.3 Å². The lowest BCUT2D eigenvalue weighted by Crippen LogP contribution is -2.45. The zero-order chi connectivity index (χ0) is 35.6. The summed E-state index contributed by atoms with van der Waals surface area (Å²) >= 11 is 0. The van der Waals surface area contributed by atoms with Gasteiger partial charge in [0.05, 0.1) is 19.2 Å². The molecule has 14 heteroatoms. The average molecular weight is 730 g/mol. The predicted octanol–water partition coefficient (Wildman–Crippen LogP) is 8.04. The van der Waals surface area contributed by atoms with Crippen LogP contribution in [0.2, 0.25) is 39.3 Å². The van der Waals surface area contributed by atoms with Gasteiger partial charge in [0.1, 0.15) is 5.75 Å². The highest BCUT2D eigenvalue weighted by molar-refractivity contribution is 7.59. The molecule has 0 amide bonds. The van der Waals surface area contributed by atoms with E-state index in [2.05, 4.69) is 9.80 Å². The Balaban J connectivity index is 2.66. The molecule has 0 aliphatic carbocycles. The highest BCUT2D eigenvalue weighted by Crippen LogP contribution is 2.49. The van der Waals surface area contributed by atoms with Gasteiger partial charge in [-0.05, 0) is 95.8 Å². The lowest BCUT2D eigenvalue weighted by molar-refractivity contribution is 0.141. The molecule has 0 spiro atoms. The molecular formula is C33H61N3O7P2Si2. The van der Waals surface area contributed by atoms with Crippen LogP contribution in [0.5, 0.6) is 17.2 Å². The normalized spacial score (nSPS) is 15.9. The second-order valence-electron chi connectivity index (χ2n) is 14.7. The quantitative estimate of drug-likeness (QED) is 0.0658. The Morgan fingerprint density at radius 3 is 1.94 bits per heavy atom. The number of nitrogens with two attached hydrogens (primary N) is 1. The third kappa shape index (κ3) is 15.3. The van der Waals surface area contributed by atoms with Crippen molar-refractivity contribution in [3.05, 3.63) is 53.1 Å². The van der Waals surface area contributed by atoms with Crippen LogP contribution in [0.1, 0.15) is 42.9 Å². The number of aromatic hydroxyl groups is 2. The lowest BCUT2D eigenvalue weighted by Gasteiger charge is -2.39. The highest BCUT2D eigenvalue weighted by Gasteiger charge is 2.34. The Hall–Kier alpha value is -1.47. The molecule has 0 bridgehead atoms. The molecule has 3 atom stereocenters. The van der Waals surface area contributed by atoms with Gasteiger partial charge in [-0.25, -0.2) is 0 Å². The SMILES string of the molecule is CCOc1c(O)cccc1CN(CC(CCCCN)N(Cc1cccc(O)c1C)CP(C)(=O)O[Si](C)(C)C)CP(C)(=O)O[Si](C)(C)C. The van der Waals surface area contributed by atoms with Crippen molar-refractivity contribution in [3.8, 4) is 17.2 Å². The van der Waals surface area contributed by atoms with E-state index in [1.165, 1.54) is 0 Å². The van der Waals surface area contributed by atoms with Crippen molar-refractivity contribution in [2.75, 3.05) is 45.6 Å². The molecule has 47 heavy (non-hydrogen) atoms. The summed E-state index contributed by atoms with van der Waals surface area (Å²) in [5, 5.41) is 21.2. The molecule has 0 heterocycles. The molecule has 0 fully saturated rings. The first-order valence-electron chi connectivity index (χ1n) is 16.6. The van der Waals surface area contributed by atoms with Crippen LogP contribution in [0.25, 0.3) is 0 Å². The second kappa shape index (κ2) is 18.0. The number of nitrogens with zero attached hydrogens (tertiary/aromatic N) is 2. The van der Waals surface area contributed by atoms with Gasteiger partial charge in [0.25, 0.3) is 0 Å². The van der Waals surface area contributed by atoms with Crippen LogP contribution in [-0.2, 0) is 30.6 Å². The van der Waals surface area contributed by atoms with Crippen molar-refractivity contribution >= 4 is 31.4 Å². The minimum absolute atomic E-state index is 0.0539. The van der Waals surface area contributed by atoms with Crippen LogP contribution < -0.4 is 10.5 Å². The van der Waals surface area contributed by atoms with Gasteiger partial charge in [-0.1, -0.05) is 30.7 Å². The van der Waals surface area contributed by atoms with Crippen molar-refractivity contribution in [2.24, 2.45) is 5.73 Å². The topological polar surface area (TPSA) is 135 Å². The third-order valence-electron chi connectivity index (χ3n) is 7.36. The summed E-state index contributed by atoms with van der Waals surface area (Å²) in [5.74, 6) is 0.674. The van der Waals surface area contributed by atoms with Crippen molar-refractivity contribution in [1.82, 2.24) is 9.80 Å². The predicted molar refractivity (Wildman–Crippen MR) is 200 cm³/mol. The Labute approximate surface area is 286 Å². The number of hydrogen-bond acceptors (Lipinski definition) is 10. The lowest BCUT2D eigenvalue weighted by atomic mass is 10.0. The summed E-state index contributed by atoms with van der Waals surface area (Å²) in [6.45, 7) is 21.6. The van der Waals surface area contributed by atoms with Crippen LogP contribution >= 0.6 is 14.7 Å². The molecule has 2 aromatic carbocycles. The fourth-order valence-corrected chi connectivity index (χ4v) is 17.6. The van der Waals surface area contributed by atoms with Crippen LogP contribution in [0.4, 0.5) is 0 Å². The monoisotopic (exact) mass is 729 g/mol. The van der Waals surface area contributed by atoms with Gasteiger partial charge in [0.2, 0.25) is 14.7 Å². The summed E-state index contributed by atoms with van der Waals surface area (Å²) in [4.78, 5) is 4.33. The number of phenols is 2. The molecule has 0 aliphatic heterocycles. The van der Waals surface area contributed by atoms with Gasteiger partial charge in [-0.15, -0.1) is 0 Å². The number of rotatable bonds is 21. The van der Waals surface area contributed by atoms with E-state index >= 15 is 0 Å². The molecule has 2 rings (SSSR count). The highest BCUT2D eigenvalue weighted by atomic mass is 31.2. The van der Waals surface area contributed by atoms with Crippen molar-refractivity contribution in [1.29, 1.82) is 0 Å². The number of para-hydroxylation sites is 1. The Kier molecular flexibility index (Phi) is 15.9. The van der Waals surface area contributed by atoms with Gasteiger partial charge < -0.3 is 29.1 Å². The zero-order valence-corrected chi connectivity index (χ0v) is 34.2. The number of benzene rings is 2. The van der Waals surface area contributed by atoms with E-state index in [9.17, 15) is 19.3 Å². The molecule has 3 unspecified atom stereocenters. The first-order valence-corrected chi connectivity index (χ1v) is 27.9. The van der Waals surface area contributed by atoms with Crippen LogP contribution in [0.3, 0.4) is 0 Å². The molecule has 0 aliphatic rings. The minimum atomic E-state index is -3.08. The van der Waals surface area contributed by atoms with E-state index in [0.717, 1.165) is 36.0 Å². The van der Waals surface area contributed by atoms with Crippen LogP contribution in [0.15, 0.2) is 36.4 Å². The molecule has 2 aromatic rings. The number of ether oxygens (including phenoxy) is 1. The fourth-order valence-electron chi connectivity index (χ4n) is 5.90. The molecule has 0 aromatic heterocycles. The summed E-state index contributed by atoms with van der Waals surface area (Å²) in [5.41, 5.74) is 8.41. The maximum atomic E-state index is 14.1. The Morgan fingerprint density at radius 1 is 0.830 bits per heavy atom. The van der Waals surface area contributed by atoms with E-state index < -0.39 is 31.4 Å². The molecule has 268 valence electrons. The summed E-state index contributed by atoms with van der Waals surface area (Å²) in [6, 6.07) is 10.6. The van der Waals surface area contributed by atoms with Crippen LogP contribution in [0, 0.1) is 6.92 Å². The number of unbranched alkanes of at least 4 members (excludes halogenated alkanes) is 1. The standard InChI is InChI=1S/C33H61N3O7P2Si2/c1-11-41-33-29(17-15-20-32(33)38)22-35(25-44(3,39)42-46(5,6)7)24-30(18-12-13-21-34)36(26-45(4,40)43-47(8,9)10)23-28-16-14-19-31(37)27(28)2/h14-17,19-20,30,37-38H,11-13,18,21-26,34H2,1-10H3. The maximum absolute atomic E-state index is 14.1. The van der Waals surface area contributed by atoms with Gasteiger partial charge >= 0.3 is 0 Å². The van der Waals surface area contributed by atoms with Gasteiger partial charge in [-0.2, -0.15) is 0 Å². The number of hydrogen-bond donors (Lipinski definition) is 3. The Morgan fingerprint density at radius 2 is 1.38 bits per heavy atom. The summed E-state index contributed by atoms with van der Waals surface area (Å²) < 4.78 is 46.6. The third-order valence-corrected chi connectivity index (χ3v) is 16.6. The largest absolute Gasteiger partial charge is 0.508 e. The average Bonchev–Trinajstić information content (AvgIpc) is 2.89. The molecule has 10 nitrogen and oxygen atoms in total. The first kappa shape index (κ1) is 41.7. The second-order valence-corrected chi connectivity index (χ2v) is 29.2. The van der Waals surface area contributed by atoms with E-state index in [4.69, 9.17) is 18.9 Å². The van der Waals surface area contributed by atoms with Gasteiger partial charge in [-0.3, -0.25) is 18.9 Å². The first-order chi connectivity index (χ1) is 21.6. The summed E-state index contributed by atoms with van der Waals surface area (Å²) in [6.07, 6.45) is 2.84. The zero-order valence-electron chi connectivity index (χ0n) is 30.4. The summed E-state index contributed by atoms with van der Waals surface area (Å²) in [7, 11) is -10.4. The van der Waals surface area contributed by atoms with Crippen molar-refractivity contribution in [2.45, 2.75) is 91.5 Å². The van der Waals surface area contributed by atoms with E-state index in [-0.39, 0.29) is 30.1 Å². The Bertz CT molecular complexity index is 1380. The van der Waals surface area contributed by atoms with E-state index in [0.29, 0.717) is 38.5 Å². The van der Waals surface area contributed by atoms with Gasteiger partial charge in [0, 0.05) is 44.6 Å². The molecule has 0 saturated carbocycles. The smallest absolute Gasteiger partial charge is 0.204 e. The van der Waals surface area contributed by atoms with E-state index in [1.54, 1.807) is 31.5 Å². The number of phenolic OH excluding ortho intramolecular Hbond substituents is 2. The molecule has 4 N–H and O–H groups in total. The van der Waals surface area contributed by atoms with Gasteiger partial charge in [0.15, 0.2) is 28.1 Å². The molecular weight excluding hydrogens is 668 g/mol. The fraction of sp³-hybridized carbons (Fsp3) is 0.636. The minimum Gasteiger partial charge on any atom is -0.508 e. The molecule has 0 saturated heterocycles. The van der Waals surface area contributed by atoms with Crippen molar-refractivity contribution < 1.29 is 32.5 Å². The maximum Gasteiger partial charge on any atom is 0.204 e.